The first-order chi connectivity index (χ1) is 8.19. The van der Waals surface area contributed by atoms with Gasteiger partial charge < -0.3 is 10.8 Å². The largest absolute Gasteiger partial charge is 0.494 e. The van der Waals surface area contributed by atoms with Gasteiger partial charge in [-0.1, -0.05) is 35.6 Å². The van der Waals surface area contributed by atoms with Crippen molar-refractivity contribution in [3.8, 4) is 5.88 Å². The van der Waals surface area contributed by atoms with Gasteiger partial charge in [0, 0.05) is 6.42 Å². The summed E-state index contributed by atoms with van der Waals surface area (Å²) in [5, 5.41) is 9.47. The molecule has 1 aromatic carbocycles. The minimum absolute atomic E-state index is 0.0222. The van der Waals surface area contributed by atoms with Crippen LogP contribution in [0.15, 0.2) is 29.1 Å². The van der Waals surface area contributed by atoms with Crippen molar-refractivity contribution in [2.24, 2.45) is 5.73 Å². The Morgan fingerprint density at radius 2 is 1.88 bits per heavy atom. The maximum absolute atomic E-state index is 11.0. The number of aromatic hydroxyl groups is 1. The fraction of sp³-hybridized carbons (Fsp3) is 0.250. The van der Waals surface area contributed by atoms with Crippen molar-refractivity contribution < 1.29 is 5.11 Å². The highest BCUT2D eigenvalue weighted by molar-refractivity contribution is 7.09. The van der Waals surface area contributed by atoms with Crippen molar-refractivity contribution in [2.45, 2.75) is 12.8 Å². The summed E-state index contributed by atoms with van der Waals surface area (Å²) < 4.78 is 0. The fourth-order valence-corrected chi connectivity index (χ4v) is 2.41. The summed E-state index contributed by atoms with van der Waals surface area (Å²) in [4.78, 5) is 13.8. The molecular formula is C12H14N2O2S. The second-order valence-corrected chi connectivity index (χ2v) is 4.89. The molecule has 0 atom stereocenters. The average molecular weight is 250 g/mol. The van der Waals surface area contributed by atoms with E-state index in [2.05, 4.69) is 4.98 Å². The zero-order valence-corrected chi connectivity index (χ0v) is 10.1. The molecule has 5 heteroatoms. The Balaban J connectivity index is 2.13. The Bertz CT molecular complexity index is 542. The number of hydrogen-bond donors (Lipinski definition) is 3. The van der Waals surface area contributed by atoms with Crippen LogP contribution in [0.25, 0.3) is 0 Å². The third-order valence-corrected chi connectivity index (χ3v) is 3.39. The molecule has 0 aliphatic rings. The molecule has 0 radical (unpaired) electrons. The van der Waals surface area contributed by atoms with Gasteiger partial charge in [0.05, 0.1) is 4.88 Å². The van der Waals surface area contributed by atoms with E-state index in [9.17, 15) is 9.90 Å². The Morgan fingerprint density at radius 3 is 2.41 bits per heavy atom. The third kappa shape index (κ3) is 2.95. The Labute approximate surface area is 103 Å². The number of aromatic nitrogens is 1. The van der Waals surface area contributed by atoms with E-state index < -0.39 is 0 Å². The third-order valence-electron chi connectivity index (χ3n) is 2.52. The van der Waals surface area contributed by atoms with Crippen LogP contribution in [-0.4, -0.2) is 16.6 Å². The Morgan fingerprint density at radius 1 is 1.24 bits per heavy atom. The minimum Gasteiger partial charge on any atom is -0.494 e. The van der Waals surface area contributed by atoms with Gasteiger partial charge in [-0.05, 0) is 24.1 Å². The van der Waals surface area contributed by atoms with E-state index in [0.29, 0.717) is 17.8 Å². The molecule has 0 saturated heterocycles. The average Bonchev–Trinajstić information content (AvgIpc) is 2.61. The van der Waals surface area contributed by atoms with Crippen molar-refractivity contribution in [2.75, 3.05) is 6.54 Å². The fourth-order valence-electron chi connectivity index (χ4n) is 1.65. The summed E-state index contributed by atoms with van der Waals surface area (Å²) in [6.07, 6.45) is 1.43. The minimum atomic E-state index is -0.225. The summed E-state index contributed by atoms with van der Waals surface area (Å²) in [5.74, 6) is -0.0222. The molecule has 0 bridgehead atoms. The van der Waals surface area contributed by atoms with E-state index in [1.54, 1.807) is 0 Å². The standard InChI is InChI=1S/C12H14N2O2S/c13-6-5-8-1-3-9(4-2-8)7-10-11(15)14-12(16)17-10/h1-4,15H,5-7,13H2,(H,14,16). The lowest BCUT2D eigenvalue weighted by molar-refractivity contribution is 0.451. The summed E-state index contributed by atoms with van der Waals surface area (Å²) in [7, 11) is 0. The molecule has 2 aromatic rings. The van der Waals surface area contributed by atoms with Crippen LogP contribution in [0.5, 0.6) is 5.88 Å². The highest BCUT2D eigenvalue weighted by Crippen LogP contribution is 2.20. The predicted molar refractivity (Wildman–Crippen MR) is 68.6 cm³/mol. The highest BCUT2D eigenvalue weighted by Gasteiger charge is 2.07. The van der Waals surface area contributed by atoms with Gasteiger partial charge in [-0.3, -0.25) is 9.78 Å². The van der Waals surface area contributed by atoms with Crippen LogP contribution in [0.1, 0.15) is 16.0 Å². The number of thiazole rings is 1. The zero-order chi connectivity index (χ0) is 12.3. The van der Waals surface area contributed by atoms with Crippen LogP contribution in [0.2, 0.25) is 0 Å². The number of nitrogens with one attached hydrogen (secondary N) is 1. The Hall–Kier alpha value is -1.59. The number of H-pyrrole nitrogens is 1. The van der Waals surface area contributed by atoms with Crippen molar-refractivity contribution in [3.05, 3.63) is 49.9 Å². The number of benzene rings is 1. The van der Waals surface area contributed by atoms with Crippen LogP contribution < -0.4 is 10.6 Å². The van der Waals surface area contributed by atoms with E-state index in [0.717, 1.165) is 23.3 Å². The Kier molecular flexibility index (Phi) is 3.61. The molecule has 0 aliphatic heterocycles. The molecule has 0 fully saturated rings. The van der Waals surface area contributed by atoms with Gasteiger partial charge in [-0.15, -0.1) is 0 Å². The molecular weight excluding hydrogens is 236 g/mol. The molecule has 1 aromatic heterocycles. The molecule has 0 aliphatic carbocycles. The quantitative estimate of drug-likeness (QED) is 0.763. The summed E-state index contributed by atoms with van der Waals surface area (Å²) >= 11 is 1.04. The maximum atomic E-state index is 11.0. The number of hydrogen-bond acceptors (Lipinski definition) is 4. The molecule has 2 rings (SSSR count). The second-order valence-electron chi connectivity index (χ2n) is 3.82. The van der Waals surface area contributed by atoms with Crippen LogP contribution in [-0.2, 0) is 12.8 Å². The molecule has 0 spiro atoms. The topological polar surface area (TPSA) is 79.1 Å². The lowest BCUT2D eigenvalue weighted by atomic mass is 10.1. The lowest BCUT2D eigenvalue weighted by Gasteiger charge is -2.02. The highest BCUT2D eigenvalue weighted by atomic mass is 32.1. The van der Waals surface area contributed by atoms with Gasteiger partial charge in [0.25, 0.3) is 0 Å². The normalized spacial score (nSPS) is 10.6. The molecule has 0 amide bonds. The van der Waals surface area contributed by atoms with Crippen molar-refractivity contribution in [1.29, 1.82) is 0 Å². The lowest BCUT2D eigenvalue weighted by Crippen LogP contribution is -2.02. The molecule has 0 unspecified atom stereocenters. The molecule has 90 valence electrons. The number of rotatable bonds is 4. The first-order valence-corrected chi connectivity index (χ1v) is 6.19. The van der Waals surface area contributed by atoms with E-state index in [1.165, 1.54) is 5.56 Å². The van der Waals surface area contributed by atoms with Gasteiger partial charge in [0.15, 0.2) is 0 Å². The van der Waals surface area contributed by atoms with E-state index in [1.807, 2.05) is 24.3 Å². The predicted octanol–water partition coefficient (Wildman–Crippen LogP) is 1.23. The number of aromatic amines is 1. The molecule has 4 N–H and O–H groups in total. The smallest absolute Gasteiger partial charge is 0.307 e. The zero-order valence-electron chi connectivity index (χ0n) is 9.27. The van der Waals surface area contributed by atoms with Gasteiger partial charge >= 0.3 is 4.87 Å². The van der Waals surface area contributed by atoms with Crippen LogP contribution in [0, 0.1) is 0 Å². The SMILES string of the molecule is NCCc1ccc(Cc2sc(=O)[nH]c2O)cc1. The van der Waals surface area contributed by atoms with Crippen molar-refractivity contribution in [1.82, 2.24) is 4.98 Å². The first-order valence-electron chi connectivity index (χ1n) is 5.38. The summed E-state index contributed by atoms with van der Waals surface area (Å²) in [5.41, 5.74) is 7.74. The van der Waals surface area contributed by atoms with Gasteiger partial charge in [0.1, 0.15) is 0 Å². The molecule has 4 nitrogen and oxygen atoms in total. The maximum Gasteiger partial charge on any atom is 0.307 e. The van der Waals surface area contributed by atoms with Crippen LogP contribution in [0.3, 0.4) is 0 Å². The van der Waals surface area contributed by atoms with E-state index in [4.69, 9.17) is 5.73 Å². The summed E-state index contributed by atoms with van der Waals surface area (Å²) in [6, 6.07) is 8.03. The first kappa shape index (κ1) is 11.9. The van der Waals surface area contributed by atoms with Gasteiger partial charge in [0.2, 0.25) is 5.88 Å². The molecule has 0 saturated carbocycles. The van der Waals surface area contributed by atoms with Gasteiger partial charge in [-0.25, -0.2) is 0 Å². The molecule has 17 heavy (non-hydrogen) atoms. The molecule has 1 heterocycles. The second kappa shape index (κ2) is 5.16. The number of nitrogens with two attached hydrogens (primary N) is 1. The summed E-state index contributed by atoms with van der Waals surface area (Å²) in [6.45, 7) is 0.638. The van der Waals surface area contributed by atoms with Crippen LogP contribution >= 0.6 is 11.3 Å². The van der Waals surface area contributed by atoms with Crippen LogP contribution in [0.4, 0.5) is 0 Å². The van der Waals surface area contributed by atoms with Crippen molar-refractivity contribution >= 4 is 11.3 Å². The monoisotopic (exact) mass is 250 g/mol. The van der Waals surface area contributed by atoms with E-state index in [-0.39, 0.29) is 10.8 Å². The van der Waals surface area contributed by atoms with Gasteiger partial charge in [-0.2, -0.15) is 0 Å². The van der Waals surface area contributed by atoms with E-state index >= 15 is 0 Å². The van der Waals surface area contributed by atoms with Crippen molar-refractivity contribution in [3.63, 3.8) is 0 Å².